The lowest BCUT2D eigenvalue weighted by Crippen LogP contribution is -2.49. The van der Waals surface area contributed by atoms with Crippen molar-refractivity contribution in [2.24, 2.45) is 7.05 Å². The number of nitrogen functional groups attached to an aromatic ring is 1. The molecule has 1 spiro atoms. The van der Waals surface area contributed by atoms with Crippen molar-refractivity contribution in [2.45, 2.75) is 51.6 Å². The fraction of sp³-hybridized carbons (Fsp3) is 0.600. The number of rotatable bonds is 3. The molecule has 28 heavy (non-hydrogen) atoms. The van der Waals surface area contributed by atoms with E-state index in [2.05, 4.69) is 22.0 Å². The molecule has 2 aliphatic heterocycles. The number of carbonyl (C=O) groups is 1. The van der Waals surface area contributed by atoms with Crippen LogP contribution in [0.3, 0.4) is 0 Å². The Morgan fingerprint density at radius 1 is 1.32 bits per heavy atom. The normalized spacial score (nSPS) is 18.3. The molecule has 2 aromatic rings. The van der Waals surface area contributed by atoms with Crippen molar-refractivity contribution in [3.8, 4) is 0 Å². The van der Waals surface area contributed by atoms with E-state index in [4.69, 9.17) is 10.5 Å². The number of aromatic nitrogens is 4. The number of hydrogen-bond acceptors (Lipinski definition) is 6. The highest BCUT2D eigenvalue weighted by Gasteiger charge is 2.43. The van der Waals surface area contributed by atoms with Crippen LogP contribution in [0.5, 0.6) is 0 Å². The van der Waals surface area contributed by atoms with Crippen molar-refractivity contribution < 1.29 is 9.53 Å². The molecular weight excluding hydrogens is 356 g/mol. The van der Waals surface area contributed by atoms with E-state index in [1.165, 1.54) is 5.56 Å². The number of ether oxygens (including phenoxy) is 1. The molecule has 0 saturated carbocycles. The van der Waals surface area contributed by atoms with Crippen LogP contribution < -0.4 is 5.73 Å². The van der Waals surface area contributed by atoms with E-state index in [9.17, 15) is 4.79 Å². The fourth-order valence-corrected chi connectivity index (χ4v) is 4.49. The van der Waals surface area contributed by atoms with Gasteiger partial charge in [0.1, 0.15) is 5.60 Å². The van der Waals surface area contributed by atoms with Gasteiger partial charge in [0.15, 0.2) is 0 Å². The van der Waals surface area contributed by atoms with Crippen molar-refractivity contribution in [1.29, 1.82) is 0 Å². The first-order valence-corrected chi connectivity index (χ1v) is 9.92. The molecule has 0 unspecified atom stereocenters. The maximum absolute atomic E-state index is 12.8. The third-order valence-electron chi connectivity index (χ3n) is 6.24. The van der Waals surface area contributed by atoms with Crippen LogP contribution in [0.15, 0.2) is 6.20 Å². The summed E-state index contributed by atoms with van der Waals surface area (Å²) < 4.78 is 8.06. The molecule has 150 valence electrons. The van der Waals surface area contributed by atoms with Gasteiger partial charge in [-0.15, -0.1) is 0 Å². The number of likely N-dealkylation sites (tertiary alicyclic amines) is 1. The number of carbonyl (C=O) groups excluding carboxylic acids is 1. The van der Waals surface area contributed by atoms with Crippen molar-refractivity contribution >= 4 is 11.9 Å². The first kappa shape index (κ1) is 18.9. The number of piperidine rings is 1. The summed E-state index contributed by atoms with van der Waals surface area (Å²) in [7, 11) is 1.94. The highest BCUT2D eigenvalue weighted by molar-refractivity contribution is 5.76. The molecule has 2 N–H and O–H groups in total. The molecule has 0 aromatic carbocycles. The standard InChI is InChI=1S/C20H28N6O2/c1-13-16(14(2)25(3)24-13)4-5-17(27)26-9-7-20(8-10-26)18-15(6-11-28-20)12-22-19(21)23-18/h12H,4-11H2,1-3H3,(H2,21,22,23). The van der Waals surface area contributed by atoms with Gasteiger partial charge < -0.3 is 15.4 Å². The molecule has 1 amide bonds. The molecule has 0 bridgehead atoms. The summed E-state index contributed by atoms with van der Waals surface area (Å²) in [6, 6.07) is 0. The molecule has 2 aromatic heterocycles. The van der Waals surface area contributed by atoms with Crippen LogP contribution in [0.1, 0.15) is 47.5 Å². The maximum atomic E-state index is 12.8. The Bertz CT molecular complexity index is 898. The van der Waals surface area contributed by atoms with Crippen LogP contribution in [0, 0.1) is 13.8 Å². The average molecular weight is 384 g/mol. The Labute approximate surface area is 165 Å². The minimum atomic E-state index is -0.433. The second kappa shape index (κ2) is 7.16. The monoisotopic (exact) mass is 384 g/mol. The van der Waals surface area contributed by atoms with Gasteiger partial charge in [-0.25, -0.2) is 9.97 Å². The number of anilines is 1. The molecule has 0 aliphatic carbocycles. The Hall–Kier alpha value is -2.48. The van der Waals surface area contributed by atoms with Crippen molar-refractivity contribution in [3.63, 3.8) is 0 Å². The number of fused-ring (bicyclic) bond motifs is 2. The zero-order valence-corrected chi connectivity index (χ0v) is 16.9. The highest BCUT2D eigenvalue weighted by atomic mass is 16.5. The second-order valence-electron chi connectivity index (χ2n) is 7.85. The molecular formula is C20H28N6O2. The van der Waals surface area contributed by atoms with E-state index in [1.807, 2.05) is 29.7 Å². The molecule has 0 radical (unpaired) electrons. The zero-order valence-electron chi connectivity index (χ0n) is 16.9. The molecule has 1 saturated heterocycles. The van der Waals surface area contributed by atoms with Gasteiger partial charge >= 0.3 is 0 Å². The summed E-state index contributed by atoms with van der Waals surface area (Å²) in [6.07, 6.45) is 5.35. The van der Waals surface area contributed by atoms with Crippen molar-refractivity contribution in [1.82, 2.24) is 24.6 Å². The number of amides is 1. The fourth-order valence-electron chi connectivity index (χ4n) is 4.49. The molecule has 8 nitrogen and oxygen atoms in total. The lowest BCUT2D eigenvalue weighted by atomic mass is 9.83. The number of aryl methyl sites for hydroxylation is 2. The SMILES string of the molecule is Cc1nn(C)c(C)c1CCC(=O)N1CCC2(CC1)OCCc1cnc(N)nc12. The summed E-state index contributed by atoms with van der Waals surface area (Å²) in [4.78, 5) is 23.3. The lowest BCUT2D eigenvalue weighted by molar-refractivity contribution is -0.141. The largest absolute Gasteiger partial charge is 0.368 e. The van der Waals surface area contributed by atoms with Crippen LogP contribution in [0.25, 0.3) is 0 Å². The summed E-state index contributed by atoms with van der Waals surface area (Å²) in [5.41, 5.74) is 10.7. The number of nitrogens with zero attached hydrogens (tertiary/aromatic N) is 5. The predicted octanol–water partition coefficient (Wildman–Crippen LogP) is 1.43. The van der Waals surface area contributed by atoms with Gasteiger partial charge in [-0.1, -0.05) is 0 Å². The van der Waals surface area contributed by atoms with Crippen molar-refractivity contribution in [2.75, 3.05) is 25.4 Å². The van der Waals surface area contributed by atoms with Gasteiger partial charge in [0.05, 0.1) is 18.0 Å². The van der Waals surface area contributed by atoms with Crippen LogP contribution in [-0.4, -0.2) is 50.3 Å². The molecule has 8 heteroatoms. The van der Waals surface area contributed by atoms with E-state index < -0.39 is 5.60 Å². The molecule has 0 atom stereocenters. The molecule has 4 rings (SSSR count). The summed E-state index contributed by atoms with van der Waals surface area (Å²) >= 11 is 0. The Kier molecular flexibility index (Phi) is 4.82. The smallest absolute Gasteiger partial charge is 0.222 e. The molecule has 2 aliphatic rings. The Morgan fingerprint density at radius 3 is 2.75 bits per heavy atom. The van der Waals surface area contributed by atoms with Gasteiger partial charge in [-0.2, -0.15) is 5.10 Å². The lowest BCUT2D eigenvalue weighted by Gasteiger charge is -2.44. The number of nitrogens with two attached hydrogens (primary N) is 1. The third-order valence-corrected chi connectivity index (χ3v) is 6.24. The van der Waals surface area contributed by atoms with Crippen LogP contribution in [-0.2, 0) is 35.0 Å². The van der Waals surface area contributed by atoms with Gasteiger partial charge in [-0.3, -0.25) is 9.48 Å². The van der Waals surface area contributed by atoms with Crippen molar-refractivity contribution in [3.05, 3.63) is 34.4 Å². The predicted molar refractivity (Wildman–Crippen MR) is 105 cm³/mol. The minimum absolute atomic E-state index is 0.190. The Morgan fingerprint density at radius 2 is 2.07 bits per heavy atom. The molecule has 4 heterocycles. The number of hydrogen-bond donors (Lipinski definition) is 1. The van der Waals surface area contributed by atoms with Crippen LogP contribution >= 0.6 is 0 Å². The van der Waals surface area contributed by atoms with E-state index in [1.54, 1.807) is 0 Å². The van der Waals surface area contributed by atoms with E-state index in [0.717, 1.165) is 48.3 Å². The quantitative estimate of drug-likeness (QED) is 0.859. The summed E-state index contributed by atoms with van der Waals surface area (Å²) in [6.45, 7) is 6.06. The van der Waals surface area contributed by atoms with Gasteiger partial charge in [0.2, 0.25) is 11.9 Å². The van der Waals surface area contributed by atoms with E-state index in [-0.39, 0.29) is 11.9 Å². The van der Waals surface area contributed by atoms with Gasteiger partial charge in [0, 0.05) is 38.4 Å². The Balaban J connectivity index is 1.41. The van der Waals surface area contributed by atoms with Gasteiger partial charge in [0.25, 0.3) is 0 Å². The van der Waals surface area contributed by atoms with E-state index >= 15 is 0 Å². The van der Waals surface area contributed by atoms with E-state index in [0.29, 0.717) is 26.1 Å². The first-order chi connectivity index (χ1) is 13.4. The van der Waals surface area contributed by atoms with Crippen LogP contribution in [0.2, 0.25) is 0 Å². The summed E-state index contributed by atoms with van der Waals surface area (Å²) in [5, 5.41) is 4.44. The minimum Gasteiger partial charge on any atom is -0.368 e. The average Bonchev–Trinajstić information content (AvgIpc) is 2.93. The zero-order chi connectivity index (χ0) is 19.9. The third kappa shape index (κ3) is 3.26. The second-order valence-corrected chi connectivity index (χ2v) is 7.85. The highest BCUT2D eigenvalue weighted by Crippen LogP contribution is 2.40. The molecule has 1 fully saturated rings. The topological polar surface area (TPSA) is 99.2 Å². The maximum Gasteiger partial charge on any atom is 0.222 e. The van der Waals surface area contributed by atoms with Gasteiger partial charge in [-0.05, 0) is 50.7 Å². The first-order valence-electron chi connectivity index (χ1n) is 9.92. The summed E-state index contributed by atoms with van der Waals surface area (Å²) in [5.74, 6) is 0.472. The van der Waals surface area contributed by atoms with Crippen LogP contribution in [0.4, 0.5) is 5.95 Å².